The Hall–Kier alpha value is -2.28. The summed E-state index contributed by atoms with van der Waals surface area (Å²) in [6.07, 6.45) is 0. The van der Waals surface area contributed by atoms with Crippen molar-refractivity contribution in [2.75, 3.05) is 13.2 Å². The fraction of sp³-hybridized carbons (Fsp3) is 0.333. The molecule has 0 bridgehead atoms. The van der Waals surface area contributed by atoms with Crippen molar-refractivity contribution in [3.05, 3.63) is 36.2 Å². The van der Waals surface area contributed by atoms with Gasteiger partial charge in [0.1, 0.15) is 6.61 Å². The molecule has 7 heteroatoms. The highest BCUT2D eigenvalue weighted by molar-refractivity contribution is 5.77. The molecule has 0 spiro atoms. The Morgan fingerprint density at radius 3 is 2.89 bits per heavy atom. The molecule has 19 heavy (non-hydrogen) atoms. The van der Waals surface area contributed by atoms with Crippen LogP contribution in [0, 0.1) is 0 Å². The van der Waals surface area contributed by atoms with E-state index in [-0.39, 0.29) is 19.1 Å². The maximum Gasteiger partial charge on any atom is 0.246 e. The topological polar surface area (TPSA) is 81.9 Å². The van der Waals surface area contributed by atoms with E-state index < -0.39 is 0 Å². The Labute approximate surface area is 110 Å². The summed E-state index contributed by atoms with van der Waals surface area (Å²) < 4.78 is 6.59. The van der Waals surface area contributed by atoms with Crippen molar-refractivity contribution < 1.29 is 9.53 Å². The van der Waals surface area contributed by atoms with E-state index in [0.717, 1.165) is 5.69 Å². The van der Waals surface area contributed by atoms with E-state index >= 15 is 0 Å². The van der Waals surface area contributed by atoms with Gasteiger partial charge in [-0.3, -0.25) is 4.79 Å². The van der Waals surface area contributed by atoms with Crippen LogP contribution in [0.4, 0.5) is 0 Å². The van der Waals surface area contributed by atoms with Crippen LogP contribution in [0.5, 0.6) is 0 Å². The number of amides is 1. The van der Waals surface area contributed by atoms with Gasteiger partial charge in [-0.1, -0.05) is 18.2 Å². The minimum Gasteiger partial charge on any atom is -0.372 e. The van der Waals surface area contributed by atoms with E-state index in [1.54, 1.807) is 4.68 Å². The van der Waals surface area contributed by atoms with Gasteiger partial charge in [-0.15, -0.1) is 5.10 Å². The van der Waals surface area contributed by atoms with Crippen molar-refractivity contribution in [2.24, 2.45) is 0 Å². The van der Waals surface area contributed by atoms with Crippen molar-refractivity contribution in [3.8, 4) is 5.69 Å². The number of nitrogens with zero attached hydrogens (tertiary/aromatic N) is 4. The standard InChI is InChI=1S/C12H15N5O2/c1-2-19-9-12(18)13-8-11-14-15-16-17(11)10-6-4-3-5-7-10/h3-7H,2,8-9H2,1H3,(H,13,18). The highest BCUT2D eigenvalue weighted by Crippen LogP contribution is 2.06. The largest absolute Gasteiger partial charge is 0.372 e. The number of para-hydroxylation sites is 1. The van der Waals surface area contributed by atoms with Gasteiger partial charge < -0.3 is 10.1 Å². The highest BCUT2D eigenvalue weighted by Gasteiger charge is 2.09. The minimum atomic E-state index is -0.190. The smallest absolute Gasteiger partial charge is 0.246 e. The van der Waals surface area contributed by atoms with Gasteiger partial charge in [0.15, 0.2) is 5.82 Å². The quantitative estimate of drug-likeness (QED) is 0.809. The van der Waals surface area contributed by atoms with Gasteiger partial charge >= 0.3 is 0 Å². The lowest BCUT2D eigenvalue weighted by atomic mass is 10.3. The SMILES string of the molecule is CCOCC(=O)NCc1nnnn1-c1ccccc1. The summed E-state index contributed by atoms with van der Waals surface area (Å²) in [6.45, 7) is 2.65. The van der Waals surface area contributed by atoms with Gasteiger partial charge in [0.25, 0.3) is 0 Å². The molecule has 100 valence electrons. The molecule has 1 aromatic carbocycles. The number of benzene rings is 1. The maximum atomic E-state index is 11.4. The third kappa shape index (κ3) is 3.59. The second-order valence-electron chi connectivity index (χ2n) is 3.76. The molecule has 0 saturated carbocycles. The summed E-state index contributed by atoms with van der Waals surface area (Å²) >= 11 is 0. The lowest BCUT2D eigenvalue weighted by Crippen LogP contribution is -2.28. The summed E-state index contributed by atoms with van der Waals surface area (Å²) in [5, 5.41) is 14.1. The van der Waals surface area contributed by atoms with E-state index in [2.05, 4.69) is 20.8 Å². The van der Waals surface area contributed by atoms with Gasteiger partial charge in [0, 0.05) is 6.61 Å². The molecule has 0 unspecified atom stereocenters. The predicted octanol–water partition coefficient (Wildman–Crippen LogP) is 0.315. The summed E-state index contributed by atoms with van der Waals surface area (Å²) in [7, 11) is 0. The fourth-order valence-corrected chi connectivity index (χ4v) is 1.51. The number of carbonyl (C=O) groups excluding carboxylic acids is 1. The molecule has 0 aliphatic carbocycles. The Morgan fingerprint density at radius 1 is 1.37 bits per heavy atom. The van der Waals surface area contributed by atoms with Crippen molar-refractivity contribution >= 4 is 5.91 Å². The van der Waals surface area contributed by atoms with Crippen molar-refractivity contribution in [1.29, 1.82) is 0 Å². The molecule has 7 nitrogen and oxygen atoms in total. The molecule has 1 N–H and O–H groups in total. The van der Waals surface area contributed by atoms with Gasteiger partial charge in [0.05, 0.1) is 12.2 Å². The van der Waals surface area contributed by atoms with Crippen LogP contribution in [0.1, 0.15) is 12.7 Å². The molecule has 0 fully saturated rings. The predicted molar refractivity (Wildman–Crippen MR) is 67.5 cm³/mol. The maximum absolute atomic E-state index is 11.4. The first-order valence-electron chi connectivity index (χ1n) is 5.98. The molecule has 0 saturated heterocycles. The van der Waals surface area contributed by atoms with Crippen molar-refractivity contribution in [3.63, 3.8) is 0 Å². The van der Waals surface area contributed by atoms with E-state index in [1.165, 1.54) is 0 Å². The van der Waals surface area contributed by atoms with Gasteiger partial charge in [0.2, 0.25) is 5.91 Å². The molecular formula is C12H15N5O2. The van der Waals surface area contributed by atoms with E-state index in [9.17, 15) is 4.79 Å². The lowest BCUT2D eigenvalue weighted by Gasteiger charge is -2.06. The van der Waals surface area contributed by atoms with Crippen LogP contribution in [-0.2, 0) is 16.1 Å². The zero-order valence-corrected chi connectivity index (χ0v) is 10.6. The van der Waals surface area contributed by atoms with Gasteiger partial charge in [-0.25, -0.2) is 0 Å². The first kappa shape index (κ1) is 13.2. The van der Waals surface area contributed by atoms with Crippen molar-refractivity contribution in [2.45, 2.75) is 13.5 Å². The van der Waals surface area contributed by atoms with Crippen LogP contribution in [0.3, 0.4) is 0 Å². The molecule has 2 aromatic rings. The zero-order chi connectivity index (χ0) is 13.5. The molecule has 0 radical (unpaired) electrons. The van der Waals surface area contributed by atoms with Crippen LogP contribution >= 0.6 is 0 Å². The van der Waals surface area contributed by atoms with Crippen LogP contribution in [0.2, 0.25) is 0 Å². The van der Waals surface area contributed by atoms with Crippen LogP contribution in [0.15, 0.2) is 30.3 Å². The van der Waals surface area contributed by atoms with E-state index in [0.29, 0.717) is 12.4 Å². The second kappa shape index (κ2) is 6.60. The summed E-state index contributed by atoms with van der Waals surface area (Å²) in [6, 6.07) is 9.49. The normalized spacial score (nSPS) is 10.4. The molecule has 0 atom stereocenters. The molecule has 0 aliphatic heterocycles. The van der Waals surface area contributed by atoms with Crippen LogP contribution in [0.25, 0.3) is 5.69 Å². The fourth-order valence-electron chi connectivity index (χ4n) is 1.51. The molecule has 1 amide bonds. The number of hydrogen-bond donors (Lipinski definition) is 1. The number of rotatable bonds is 6. The van der Waals surface area contributed by atoms with Gasteiger partial charge in [-0.05, 0) is 29.5 Å². The van der Waals surface area contributed by atoms with E-state index in [1.807, 2.05) is 37.3 Å². The van der Waals surface area contributed by atoms with Crippen molar-refractivity contribution in [1.82, 2.24) is 25.5 Å². The summed E-state index contributed by atoms with van der Waals surface area (Å²) in [4.78, 5) is 11.4. The molecule has 0 aliphatic rings. The monoisotopic (exact) mass is 261 g/mol. The number of hydrogen-bond acceptors (Lipinski definition) is 5. The Bertz CT molecular complexity index is 526. The van der Waals surface area contributed by atoms with Crippen LogP contribution in [-0.4, -0.2) is 39.3 Å². The molecular weight excluding hydrogens is 246 g/mol. The second-order valence-corrected chi connectivity index (χ2v) is 3.76. The third-order valence-corrected chi connectivity index (χ3v) is 2.42. The number of nitrogens with one attached hydrogen (secondary N) is 1. The first-order valence-corrected chi connectivity index (χ1v) is 5.98. The minimum absolute atomic E-state index is 0.0450. The summed E-state index contributed by atoms with van der Waals surface area (Å²) in [5.74, 6) is 0.375. The average molecular weight is 261 g/mol. The molecule has 1 aromatic heterocycles. The number of aromatic nitrogens is 4. The first-order chi connectivity index (χ1) is 9.31. The Balaban J connectivity index is 1.99. The number of carbonyl (C=O) groups is 1. The molecule has 2 rings (SSSR count). The van der Waals surface area contributed by atoms with Gasteiger partial charge in [-0.2, -0.15) is 4.68 Å². The highest BCUT2D eigenvalue weighted by atomic mass is 16.5. The Kier molecular flexibility index (Phi) is 4.57. The average Bonchev–Trinajstić information content (AvgIpc) is 2.92. The number of tetrazole rings is 1. The number of ether oxygens (including phenoxy) is 1. The summed E-state index contributed by atoms with van der Waals surface area (Å²) in [5.41, 5.74) is 0.849. The molecule has 1 heterocycles. The lowest BCUT2D eigenvalue weighted by molar-refractivity contribution is -0.125. The zero-order valence-electron chi connectivity index (χ0n) is 10.6. The van der Waals surface area contributed by atoms with Crippen LogP contribution < -0.4 is 5.32 Å². The Morgan fingerprint density at radius 2 is 2.16 bits per heavy atom. The van der Waals surface area contributed by atoms with E-state index in [4.69, 9.17) is 4.74 Å². The third-order valence-electron chi connectivity index (χ3n) is 2.42.